The zero-order valence-corrected chi connectivity index (χ0v) is 24.3. The minimum atomic E-state index is -4.75. The summed E-state index contributed by atoms with van der Waals surface area (Å²) in [4.78, 5) is 34.2. The second-order valence-corrected chi connectivity index (χ2v) is 11.5. The van der Waals surface area contributed by atoms with Gasteiger partial charge >= 0.3 is 18.1 Å². The molecule has 0 aliphatic heterocycles. The molecule has 5 heterocycles. The van der Waals surface area contributed by atoms with Crippen molar-refractivity contribution in [3.8, 4) is 11.3 Å². The second kappa shape index (κ2) is 10.9. The molecular weight excluding hydrogens is 597 g/mol. The van der Waals surface area contributed by atoms with Crippen LogP contribution in [0.3, 0.4) is 0 Å². The van der Waals surface area contributed by atoms with Gasteiger partial charge in [-0.2, -0.15) is 14.9 Å². The fraction of sp³-hybridized carbons (Fsp3) is 0.429. The Hall–Kier alpha value is -4.93. The first-order valence-electron chi connectivity index (χ1n) is 15.4. The third kappa shape index (κ3) is 5.82. The van der Waals surface area contributed by atoms with E-state index in [1.165, 1.54) is 28.6 Å². The Labute approximate surface area is 257 Å². The third-order valence-corrected chi connectivity index (χ3v) is 7.54. The Balaban J connectivity index is 1.40. The quantitative estimate of drug-likeness (QED) is 0.243. The molecule has 1 amide bonds. The van der Waals surface area contributed by atoms with Gasteiger partial charge in [0, 0.05) is 41.0 Å². The number of pyridine rings is 2. The van der Waals surface area contributed by atoms with Gasteiger partial charge in [0.1, 0.15) is 22.8 Å². The summed E-state index contributed by atoms with van der Waals surface area (Å²) in [5, 5.41) is 24.1. The highest BCUT2D eigenvalue weighted by Crippen LogP contribution is 2.34. The van der Waals surface area contributed by atoms with E-state index in [2.05, 4.69) is 35.5 Å². The van der Waals surface area contributed by atoms with Gasteiger partial charge in [0.15, 0.2) is 0 Å². The van der Waals surface area contributed by atoms with E-state index < -0.39 is 36.7 Å². The molecule has 0 aromatic carbocycles. The average Bonchev–Trinajstić information content (AvgIpc) is 3.76. The number of aliphatic hydroxyl groups is 1. The topological polar surface area (TPSA) is 159 Å². The first kappa shape index (κ1) is 26.5. The van der Waals surface area contributed by atoms with E-state index in [0.29, 0.717) is 29.3 Å². The van der Waals surface area contributed by atoms with E-state index in [-0.39, 0.29) is 56.7 Å². The van der Waals surface area contributed by atoms with Crippen LogP contribution < -0.4 is 16.3 Å². The Bertz CT molecular complexity index is 2080. The maximum atomic E-state index is 13.5. The molecule has 1 aliphatic rings. The lowest BCUT2D eigenvalue weighted by molar-refractivity contribution is -0.212. The van der Waals surface area contributed by atoms with Crippen molar-refractivity contribution in [2.45, 2.75) is 63.6 Å². The molecule has 1 aliphatic carbocycles. The number of alkyl carbamates (subject to hydrolysis) is 1. The van der Waals surface area contributed by atoms with E-state index in [1.54, 1.807) is 26.0 Å². The highest BCUT2D eigenvalue weighted by Gasteiger charge is 2.33. The number of nitrogens with one attached hydrogen (secondary N) is 2. The molecule has 17 heteroatoms. The summed E-state index contributed by atoms with van der Waals surface area (Å²) in [7, 11) is 1.24. The molecule has 3 N–H and O–H groups in total. The predicted molar refractivity (Wildman–Crippen MR) is 157 cm³/mol. The number of ether oxygens (including phenoxy) is 1. The summed E-state index contributed by atoms with van der Waals surface area (Å²) in [6.07, 6.45) is -0.899. The van der Waals surface area contributed by atoms with Gasteiger partial charge in [0.05, 0.1) is 48.2 Å². The van der Waals surface area contributed by atoms with Crippen LogP contribution in [0.1, 0.15) is 43.3 Å². The molecule has 0 bridgehead atoms. The third-order valence-electron chi connectivity index (χ3n) is 7.54. The number of methoxy groups -OCH3 is 1. The van der Waals surface area contributed by atoms with Crippen molar-refractivity contribution in [3.05, 3.63) is 47.3 Å². The number of halogens is 3. The van der Waals surface area contributed by atoms with E-state index in [1.807, 2.05) is 0 Å². The molecule has 0 radical (unpaired) electrons. The number of fused-ring (bicyclic) bond motifs is 2. The summed E-state index contributed by atoms with van der Waals surface area (Å²) in [5.41, 5.74) is -0.812. The Kier molecular flexibility index (Phi) is 6.41. The summed E-state index contributed by atoms with van der Waals surface area (Å²) in [6.45, 7) is 0.339. The molecule has 0 saturated heterocycles. The first-order chi connectivity index (χ1) is 22.4. The monoisotopic (exact) mass is 631 g/mol. The molecule has 1 fully saturated rings. The highest BCUT2D eigenvalue weighted by atomic mass is 19.4. The number of carbonyl (C=O) groups excluding carboxylic acids is 1. The summed E-state index contributed by atoms with van der Waals surface area (Å²) in [6, 6.07) is 4.01. The lowest BCUT2D eigenvalue weighted by Crippen LogP contribution is -2.33. The number of aryl methyl sites for hydroxylation is 1. The molecule has 238 valence electrons. The minimum absolute atomic E-state index is 0.0127. The molecule has 14 nitrogen and oxygen atoms in total. The van der Waals surface area contributed by atoms with Crippen molar-refractivity contribution in [2.75, 3.05) is 12.4 Å². The predicted octanol–water partition coefficient (Wildman–Crippen LogP) is 3.78. The molecule has 2 atom stereocenters. The van der Waals surface area contributed by atoms with Crippen LogP contribution in [0.15, 0.2) is 41.6 Å². The zero-order valence-electron chi connectivity index (χ0n) is 27.3. The van der Waals surface area contributed by atoms with Gasteiger partial charge in [-0.25, -0.2) is 19.6 Å². The van der Waals surface area contributed by atoms with E-state index in [0.717, 1.165) is 12.4 Å². The normalized spacial score (nSPS) is 18.6. The van der Waals surface area contributed by atoms with E-state index in [4.69, 9.17) is 4.11 Å². The fourth-order valence-electron chi connectivity index (χ4n) is 5.61. The molecule has 5 aromatic heterocycles. The van der Waals surface area contributed by atoms with Crippen molar-refractivity contribution >= 4 is 39.8 Å². The standard InChI is InChI=1S/C28H31F3N10O4/c1-27(2,44)14-39-18-7-8-21(36-24(18)23(37-39)15-11-33-40(13-15)28(29,30)31)35-22-10-19-20(12-32-22)38(3)26(43)41(19)17-6-5-16(9-17)34-25(42)45-4/h7-8,10-13,16-17,44H,5-6,9,14H2,1-4H3,(H,34,42)(H,32,35,36)/t16-,17-/m1/s1/i3D3. The van der Waals surface area contributed by atoms with Crippen LogP contribution in [0.4, 0.5) is 29.6 Å². The number of anilines is 2. The van der Waals surface area contributed by atoms with Crippen LogP contribution >= 0.6 is 0 Å². The van der Waals surface area contributed by atoms with Gasteiger partial charge in [-0.05, 0) is 45.2 Å². The van der Waals surface area contributed by atoms with Crippen molar-refractivity contribution in [1.82, 2.24) is 44.0 Å². The number of hydrogen-bond acceptors (Lipinski definition) is 9. The van der Waals surface area contributed by atoms with Crippen molar-refractivity contribution < 1.29 is 31.9 Å². The number of rotatable bonds is 7. The zero-order chi connectivity index (χ0) is 34.8. The molecule has 1 saturated carbocycles. The number of aromatic nitrogens is 8. The van der Waals surface area contributed by atoms with Gasteiger partial charge in [-0.15, -0.1) is 13.2 Å². The first-order valence-corrected chi connectivity index (χ1v) is 13.9. The maximum absolute atomic E-state index is 13.5. The van der Waals surface area contributed by atoms with Crippen molar-refractivity contribution in [3.63, 3.8) is 0 Å². The van der Waals surface area contributed by atoms with E-state index in [9.17, 15) is 27.9 Å². The van der Waals surface area contributed by atoms with Crippen LogP contribution in [0.25, 0.3) is 33.3 Å². The molecule has 6 rings (SSSR count). The van der Waals surface area contributed by atoms with Crippen LogP contribution in [0.2, 0.25) is 0 Å². The Morgan fingerprint density at radius 2 is 1.98 bits per heavy atom. The smallest absolute Gasteiger partial charge is 0.453 e. The van der Waals surface area contributed by atoms with Crippen molar-refractivity contribution in [1.29, 1.82) is 0 Å². The minimum Gasteiger partial charge on any atom is -0.453 e. The number of nitrogens with zero attached hydrogens (tertiary/aromatic N) is 8. The molecule has 5 aromatic rings. The highest BCUT2D eigenvalue weighted by molar-refractivity contribution is 5.91. The number of amides is 1. The summed E-state index contributed by atoms with van der Waals surface area (Å²) >= 11 is 0. The molecule has 45 heavy (non-hydrogen) atoms. The average molecular weight is 632 g/mol. The van der Waals surface area contributed by atoms with Crippen LogP contribution in [-0.4, -0.2) is 68.6 Å². The van der Waals surface area contributed by atoms with Crippen LogP contribution in [-0.2, 0) is 24.6 Å². The number of alkyl halides is 3. The van der Waals surface area contributed by atoms with Gasteiger partial charge in [0.25, 0.3) is 0 Å². The van der Waals surface area contributed by atoms with Gasteiger partial charge < -0.3 is 20.5 Å². The Morgan fingerprint density at radius 3 is 2.67 bits per heavy atom. The van der Waals surface area contributed by atoms with Gasteiger partial charge in [0.2, 0.25) is 0 Å². The van der Waals surface area contributed by atoms with Crippen molar-refractivity contribution in [2.24, 2.45) is 6.98 Å². The number of carbonyl (C=O) groups is 1. The summed E-state index contributed by atoms with van der Waals surface area (Å²) in [5.74, 6) is 0.414. The second-order valence-electron chi connectivity index (χ2n) is 11.5. The number of imidazole rings is 1. The van der Waals surface area contributed by atoms with E-state index >= 15 is 0 Å². The lowest BCUT2D eigenvalue weighted by Gasteiger charge is -2.17. The largest absolute Gasteiger partial charge is 0.504 e. The SMILES string of the molecule is [2H]C([2H])([2H])n1c(=O)n([C@@H]2CC[C@@H](NC(=O)OC)C2)c2cc(Nc3ccc4c(n3)c(-c3cnn(C(F)(F)F)c3)nn4CC(C)(C)O)ncc21. The Morgan fingerprint density at radius 1 is 1.18 bits per heavy atom. The molecule has 0 spiro atoms. The lowest BCUT2D eigenvalue weighted by atomic mass is 10.1. The summed E-state index contributed by atoms with van der Waals surface area (Å²) < 4.78 is 72.0. The van der Waals surface area contributed by atoms with Crippen LogP contribution in [0, 0.1) is 0 Å². The maximum Gasteiger partial charge on any atom is 0.504 e. The van der Waals surface area contributed by atoms with Crippen LogP contribution in [0.5, 0.6) is 0 Å². The van der Waals surface area contributed by atoms with Gasteiger partial charge in [-0.1, -0.05) is 0 Å². The molecule has 0 unspecified atom stereocenters. The number of hydrogen-bond donors (Lipinski definition) is 3. The van der Waals surface area contributed by atoms with Gasteiger partial charge in [-0.3, -0.25) is 13.8 Å². The fourth-order valence-corrected chi connectivity index (χ4v) is 5.61. The molecular formula is C28H31F3N10O4.